The van der Waals surface area contributed by atoms with Crippen LogP contribution in [0.1, 0.15) is 52.3 Å². The van der Waals surface area contributed by atoms with Gasteiger partial charge in [-0.2, -0.15) is 24.9 Å². The highest BCUT2D eigenvalue weighted by molar-refractivity contribution is 7.99. The molecular weight excluding hydrogens is 513 g/mol. The Hall–Kier alpha value is -2.25. The van der Waals surface area contributed by atoms with Crippen molar-refractivity contribution in [3.05, 3.63) is 75.8 Å². The Balaban J connectivity index is 1.44. The third-order valence-electron chi connectivity index (χ3n) is 7.12. The van der Waals surface area contributed by atoms with E-state index >= 15 is 0 Å². The summed E-state index contributed by atoms with van der Waals surface area (Å²) in [6, 6.07) is 13.6. The van der Waals surface area contributed by atoms with Crippen molar-refractivity contribution in [1.82, 2.24) is 0 Å². The second kappa shape index (κ2) is 10.9. The van der Waals surface area contributed by atoms with Gasteiger partial charge in [0, 0.05) is 10.6 Å². The minimum Gasteiger partial charge on any atom is -0.494 e. The molecule has 0 radical (unpaired) electrons. The van der Waals surface area contributed by atoms with E-state index in [-0.39, 0.29) is 5.75 Å². The maximum Gasteiger partial charge on any atom is 0.421 e. The van der Waals surface area contributed by atoms with Gasteiger partial charge in [-0.3, -0.25) is 0 Å². The zero-order valence-electron chi connectivity index (χ0n) is 21.3. The summed E-state index contributed by atoms with van der Waals surface area (Å²) in [5.74, 6) is 2.57. The van der Waals surface area contributed by atoms with E-state index in [1.165, 1.54) is 23.4 Å². The van der Waals surface area contributed by atoms with Crippen molar-refractivity contribution in [3.63, 3.8) is 0 Å². The Morgan fingerprint density at radius 1 is 1.05 bits per heavy atom. The van der Waals surface area contributed by atoms with Gasteiger partial charge in [-0.15, -0.1) is 11.8 Å². The lowest BCUT2D eigenvalue weighted by Crippen LogP contribution is -2.13. The minimum atomic E-state index is -4.45. The van der Waals surface area contributed by atoms with Crippen molar-refractivity contribution in [2.75, 3.05) is 24.4 Å². The number of fused-ring (bicyclic) bond motifs is 2. The van der Waals surface area contributed by atoms with E-state index in [1.54, 1.807) is 6.07 Å². The molecule has 0 bridgehead atoms. The Morgan fingerprint density at radius 2 is 1.84 bits per heavy atom. The van der Waals surface area contributed by atoms with Gasteiger partial charge in [0.1, 0.15) is 23.2 Å². The third-order valence-corrected chi connectivity index (χ3v) is 8.98. The molecule has 3 aromatic rings. The van der Waals surface area contributed by atoms with Crippen LogP contribution in [0.3, 0.4) is 0 Å². The normalized spacial score (nSPS) is 16.5. The first-order chi connectivity index (χ1) is 17.8. The SMILES string of the molecule is CSCCCOc1cc(C)c(-c2cccc3c2CCC3Oc2ccc3c(c2C(F)(F)F)SCC3)c(C)c1. The summed E-state index contributed by atoms with van der Waals surface area (Å²) in [6.45, 7) is 4.88. The highest BCUT2D eigenvalue weighted by atomic mass is 32.2. The molecule has 1 unspecified atom stereocenters. The monoisotopic (exact) mass is 544 g/mol. The fraction of sp³-hybridized carbons (Fsp3) is 0.400. The first kappa shape index (κ1) is 26.4. The lowest BCUT2D eigenvalue weighted by molar-refractivity contribution is -0.141. The van der Waals surface area contributed by atoms with Gasteiger partial charge in [-0.05, 0) is 109 Å². The molecule has 2 nitrogen and oxygen atoms in total. The maximum absolute atomic E-state index is 14.1. The number of hydrogen-bond acceptors (Lipinski definition) is 4. The second-order valence-corrected chi connectivity index (χ2v) is 11.8. The minimum absolute atomic E-state index is 0.0563. The lowest BCUT2D eigenvalue weighted by Gasteiger charge is -2.21. The van der Waals surface area contributed by atoms with Crippen molar-refractivity contribution in [2.24, 2.45) is 0 Å². The molecule has 5 rings (SSSR count). The van der Waals surface area contributed by atoms with Crippen LogP contribution < -0.4 is 9.47 Å². The topological polar surface area (TPSA) is 18.5 Å². The summed E-state index contributed by atoms with van der Waals surface area (Å²) in [5.41, 5.74) is 6.86. The van der Waals surface area contributed by atoms with E-state index in [9.17, 15) is 13.2 Å². The molecule has 7 heteroatoms. The van der Waals surface area contributed by atoms with E-state index in [0.717, 1.165) is 57.7 Å². The fourth-order valence-electron chi connectivity index (χ4n) is 5.55. The van der Waals surface area contributed by atoms with Crippen LogP contribution in [0.2, 0.25) is 0 Å². The molecule has 3 aromatic carbocycles. The van der Waals surface area contributed by atoms with E-state index in [1.807, 2.05) is 23.9 Å². The number of benzene rings is 3. The van der Waals surface area contributed by atoms with Crippen molar-refractivity contribution in [1.29, 1.82) is 0 Å². The number of rotatable bonds is 8. The van der Waals surface area contributed by atoms with Crippen LogP contribution in [0.5, 0.6) is 11.5 Å². The first-order valence-corrected chi connectivity index (χ1v) is 15.0. The Bertz CT molecular complexity index is 1280. The molecular formula is C30H31F3O2S2. The summed E-state index contributed by atoms with van der Waals surface area (Å²) < 4.78 is 54.4. The van der Waals surface area contributed by atoms with Gasteiger partial charge in [0.2, 0.25) is 0 Å². The number of hydrogen-bond donors (Lipinski definition) is 0. The summed E-state index contributed by atoms with van der Waals surface area (Å²) in [4.78, 5) is 0.332. The van der Waals surface area contributed by atoms with Gasteiger partial charge in [-0.25, -0.2) is 0 Å². The van der Waals surface area contributed by atoms with Crippen LogP contribution in [0.25, 0.3) is 11.1 Å². The highest BCUT2D eigenvalue weighted by Gasteiger charge is 2.40. The molecule has 0 aromatic heterocycles. The number of alkyl halides is 3. The van der Waals surface area contributed by atoms with E-state index in [4.69, 9.17) is 9.47 Å². The van der Waals surface area contributed by atoms with Crippen molar-refractivity contribution >= 4 is 23.5 Å². The molecule has 0 amide bonds. The number of thioether (sulfide) groups is 2. The number of ether oxygens (including phenoxy) is 2. The van der Waals surface area contributed by atoms with Crippen LogP contribution in [0.15, 0.2) is 47.4 Å². The molecule has 0 saturated carbocycles. The second-order valence-electron chi connectivity index (χ2n) is 9.67. The molecule has 1 atom stereocenters. The van der Waals surface area contributed by atoms with Gasteiger partial charge >= 0.3 is 6.18 Å². The largest absolute Gasteiger partial charge is 0.494 e. The van der Waals surface area contributed by atoms with Gasteiger partial charge in [-0.1, -0.05) is 24.3 Å². The van der Waals surface area contributed by atoms with Gasteiger partial charge in [0.15, 0.2) is 0 Å². The Morgan fingerprint density at radius 3 is 2.57 bits per heavy atom. The average Bonchev–Trinajstić information content (AvgIpc) is 3.48. The van der Waals surface area contributed by atoms with Crippen molar-refractivity contribution in [2.45, 2.75) is 56.7 Å². The van der Waals surface area contributed by atoms with Crippen molar-refractivity contribution < 1.29 is 22.6 Å². The molecule has 0 saturated heterocycles. The van der Waals surface area contributed by atoms with Crippen LogP contribution in [-0.4, -0.2) is 24.4 Å². The Labute approximate surface area is 225 Å². The zero-order valence-corrected chi connectivity index (χ0v) is 23.0. The standard InChI is InChI=1S/C30H31F3O2S2/c1-18-16-21(34-13-5-14-36-3)17-19(2)27(18)24-7-4-6-23-22(24)9-11-25(23)35-26-10-8-20-12-15-37-29(20)28(26)30(31,32)33/h4,6-8,10,16-17,25H,5,9,11-15H2,1-3H3. The number of aryl methyl sites for hydroxylation is 3. The molecule has 0 spiro atoms. The first-order valence-electron chi connectivity index (χ1n) is 12.7. The zero-order chi connectivity index (χ0) is 26.2. The summed E-state index contributed by atoms with van der Waals surface area (Å²) in [7, 11) is 0. The van der Waals surface area contributed by atoms with Gasteiger partial charge < -0.3 is 9.47 Å². The van der Waals surface area contributed by atoms with Gasteiger partial charge in [0.25, 0.3) is 0 Å². The van der Waals surface area contributed by atoms with E-state index in [0.29, 0.717) is 30.1 Å². The molecule has 1 aliphatic carbocycles. The van der Waals surface area contributed by atoms with E-state index in [2.05, 4.69) is 38.3 Å². The molecule has 37 heavy (non-hydrogen) atoms. The summed E-state index contributed by atoms with van der Waals surface area (Å²) >= 11 is 3.09. The smallest absolute Gasteiger partial charge is 0.421 e. The predicted octanol–water partition coefficient (Wildman–Crippen LogP) is 8.84. The fourth-order valence-corrected chi connectivity index (χ4v) is 7.20. The van der Waals surface area contributed by atoms with E-state index < -0.39 is 17.8 Å². The molecule has 0 N–H and O–H groups in total. The highest BCUT2D eigenvalue weighted by Crippen LogP contribution is 2.49. The molecule has 2 aliphatic rings. The summed E-state index contributed by atoms with van der Waals surface area (Å²) in [6.07, 6.45) is 0.338. The Kier molecular flexibility index (Phi) is 7.73. The molecule has 0 fully saturated rings. The maximum atomic E-state index is 14.1. The molecule has 196 valence electrons. The van der Waals surface area contributed by atoms with Crippen LogP contribution in [0.4, 0.5) is 13.2 Å². The predicted molar refractivity (Wildman–Crippen MR) is 147 cm³/mol. The van der Waals surface area contributed by atoms with Crippen LogP contribution in [-0.2, 0) is 19.0 Å². The number of halogens is 3. The van der Waals surface area contributed by atoms with Crippen LogP contribution >= 0.6 is 23.5 Å². The molecule has 1 heterocycles. The lowest BCUT2D eigenvalue weighted by atomic mass is 9.90. The van der Waals surface area contributed by atoms with Gasteiger partial charge in [0.05, 0.1) is 6.61 Å². The van der Waals surface area contributed by atoms with Crippen molar-refractivity contribution in [3.8, 4) is 22.6 Å². The average molecular weight is 545 g/mol. The quantitative estimate of drug-likeness (QED) is 0.264. The molecule has 1 aliphatic heterocycles. The van der Waals surface area contributed by atoms with Crippen LogP contribution in [0, 0.1) is 13.8 Å². The third kappa shape index (κ3) is 5.35. The summed E-state index contributed by atoms with van der Waals surface area (Å²) in [5, 5.41) is 0.